The molecule has 0 atom stereocenters. The predicted molar refractivity (Wildman–Crippen MR) is 73.9 cm³/mol. The maximum Gasteiger partial charge on any atom is 0.152 e. The Morgan fingerprint density at radius 1 is 1.21 bits per heavy atom. The second-order valence-corrected chi connectivity index (χ2v) is 4.75. The molecule has 2 aromatic rings. The summed E-state index contributed by atoms with van der Waals surface area (Å²) in [6.07, 6.45) is 3.76. The zero-order valence-electron chi connectivity index (χ0n) is 10.3. The molecule has 1 N–H and O–H groups in total. The van der Waals surface area contributed by atoms with E-state index in [4.69, 9.17) is 0 Å². The van der Waals surface area contributed by atoms with Crippen LogP contribution in [0.15, 0.2) is 29.0 Å². The first-order valence-electron chi connectivity index (χ1n) is 5.84. The van der Waals surface area contributed by atoms with Crippen LogP contribution in [-0.2, 0) is 0 Å². The molecule has 1 heterocycles. The molecule has 0 fully saturated rings. The average Bonchev–Trinajstić information content (AvgIpc) is 2.42. The van der Waals surface area contributed by atoms with E-state index in [-0.39, 0.29) is 15.7 Å². The molecule has 0 bridgehead atoms. The number of rotatable bonds is 4. The molecule has 6 heteroatoms. The van der Waals surface area contributed by atoms with E-state index in [1.807, 2.05) is 6.92 Å². The molecule has 2 rings (SSSR count). The normalized spacial score (nSPS) is 10.5. The lowest BCUT2D eigenvalue weighted by Crippen LogP contribution is -2.06. The van der Waals surface area contributed by atoms with E-state index in [0.717, 1.165) is 6.42 Å². The molecule has 0 unspecified atom stereocenters. The number of benzene rings is 1. The van der Waals surface area contributed by atoms with E-state index in [1.54, 1.807) is 0 Å². The Hall–Kier alpha value is -1.56. The van der Waals surface area contributed by atoms with Gasteiger partial charge in [-0.3, -0.25) is 4.98 Å². The van der Waals surface area contributed by atoms with Gasteiger partial charge in [-0.2, -0.15) is 0 Å². The molecule has 1 aromatic carbocycles. The van der Waals surface area contributed by atoms with Gasteiger partial charge in [-0.25, -0.2) is 13.8 Å². The van der Waals surface area contributed by atoms with Crippen LogP contribution < -0.4 is 5.32 Å². The van der Waals surface area contributed by atoms with Crippen LogP contribution in [0.2, 0.25) is 0 Å². The Balaban J connectivity index is 2.56. The summed E-state index contributed by atoms with van der Waals surface area (Å²) >= 11 is 3.04. The van der Waals surface area contributed by atoms with Crippen molar-refractivity contribution in [3.05, 3.63) is 40.6 Å². The summed E-state index contributed by atoms with van der Waals surface area (Å²) in [6.45, 7) is 2.65. The van der Waals surface area contributed by atoms with Gasteiger partial charge in [0.15, 0.2) is 5.82 Å². The Kier molecular flexibility index (Phi) is 4.42. The summed E-state index contributed by atoms with van der Waals surface area (Å²) in [5.41, 5.74) is -0.00618. The molecule has 0 amide bonds. The van der Waals surface area contributed by atoms with Crippen LogP contribution >= 0.6 is 15.9 Å². The predicted octanol–water partition coefficient (Wildman–Crippen LogP) is 4.01. The smallest absolute Gasteiger partial charge is 0.152 e. The lowest BCUT2D eigenvalue weighted by Gasteiger charge is -2.11. The molecule has 0 aliphatic carbocycles. The van der Waals surface area contributed by atoms with Crippen LogP contribution in [0.5, 0.6) is 0 Å². The fourth-order valence-corrected chi connectivity index (χ4v) is 1.97. The first kappa shape index (κ1) is 13.9. The van der Waals surface area contributed by atoms with Crippen LogP contribution in [-0.4, -0.2) is 16.5 Å². The number of halogens is 3. The van der Waals surface area contributed by atoms with Crippen molar-refractivity contribution in [2.45, 2.75) is 13.3 Å². The van der Waals surface area contributed by atoms with E-state index in [2.05, 4.69) is 31.2 Å². The fourth-order valence-electron chi connectivity index (χ4n) is 1.64. The van der Waals surface area contributed by atoms with E-state index in [9.17, 15) is 8.78 Å². The van der Waals surface area contributed by atoms with Crippen molar-refractivity contribution in [3.63, 3.8) is 0 Å². The van der Waals surface area contributed by atoms with Gasteiger partial charge in [-0.05, 0) is 34.5 Å². The van der Waals surface area contributed by atoms with Crippen molar-refractivity contribution in [2.75, 3.05) is 11.9 Å². The van der Waals surface area contributed by atoms with Gasteiger partial charge in [0.25, 0.3) is 0 Å². The van der Waals surface area contributed by atoms with E-state index in [1.165, 1.54) is 24.5 Å². The van der Waals surface area contributed by atoms with E-state index in [0.29, 0.717) is 12.4 Å². The van der Waals surface area contributed by atoms with Gasteiger partial charge in [0.1, 0.15) is 17.3 Å². The maximum absolute atomic E-state index is 14.1. The zero-order chi connectivity index (χ0) is 13.8. The molecule has 0 radical (unpaired) electrons. The van der Waals surface area contributed by atoms with Crippen molar-refractivity contribution in [2.24, 2.45) is 0 Å². The molecular formula is C13H12BrF2N3. The highest BCUT2D eigenvalue weighted by atomic mass is 79.9. The van der Waals surface area contributed by atoms with Crippen molar-refractivity contribution < 1.29 is 8.78 Å². The van der Waals surface area contributed by atoms with Gasteiger partial charge in [0, 0.05) is 18.9 Å². The Bertz CT molecular complexity index is 590. The summed E-state index contributed by atoms with van der Waals surface area (Å²) < 4.78 is 28.1. The van der Waals surface area contributed by atoms with Gasteiger partial charge in [0.2, 0.25) is 0 Å². The molecular weight excluding hydrogens is 316 g/mol. The first-order valence-corrected chi connectivity index (χ1v) is 6.63. The molecule has 1 aromatic heterocycles. The monoisotopic (exact) mass is 327 g/mol. The number of anilines is 1. The number of hydrogen-bond donors (Lipinski definition) is 1. The van der Waals surface area contributed by atoms with Crippen molar-refractivity contribution in [1.29, 1.82) is 0 Å². The van der Waals surface area contributed by atoms with Crippen LogP contribution in [0.3, 0.4) is 0 Å². The molecule has 0 aliphatic rings. The largest absolute Gasteiger partial charge is 0.368 e. The van der Waals surface area contributed by atoms with E-state index < -0.39 is 11.6 Å². The molecule has 0 saturated carbocycles. The maximum atomic E-state index is 14.1. The molecule has 0 saturated heterocycles. The second-order valence-electron chi connectivity index (χ2n) is 3.90. The van der Waals surface area contributed by atoms with Crippen LogP contribution in [0.25, 0.3) is 11.3 Å². The van der Waals surface area contributed by atoms with Gasteiger partial charge >= 0.3 is 0 Å². The number of nitrogens with zero attached hydrogens (tertiary/aromatic N) is 2. The highest BCUT2D eigenvalue weighted by Crippen LogP contribution is 2.32. The van der Waals surface area contributed by atoms with Crippen molar-refractivity contribution in [3.8, 4) is 11.3 Å². The highest BCUT2D eigenvalue weighted by Gasteiger charge is 2.19. The lowest BCUT2D eigenvalue weighted by molar-refractivity contribution is 0.584. The molecule has 19 heavy (non-hydrogen) atoms. The summed E-state index contributed by atoms with van der Waals surface area (Å²) in [7, 11) is 0. The quantitative estimate of drug-likeness (QED) is 0.862. The molecule has 100 valence electrons. The third-order valence-electron chi connectivity index (χ3n) is 2.52. The number of hydrogen-bond acceptors (Lipinski definition) is 3. The van der Waals surface area contributed by atoms with Crippen molar-refractivity contribution >= 4 is 21.7 Å². The van der Waals surface area contributed by atoms with Gasteiger partial charge in [-0.15, -0.1) is 0 Å². The molecule has 3 nitrogen and oxygen atoms in total. The minimum absolute atomic E-state index is 0.173. The van der Waals surface area contributed by atoms with Gasteiger partial charge < -0.3 is 5.32 Å². The Morgan fingerprint density at radius 3 is 2.68 bits per heavy atom. The molecule has 0 aliphatic heterocycles. The van der Waals surface area contributed by atoms with Gasteiger partial charge in [0.05, 0.1) is 10.0 Å². The summed E-state index contributed by atoms with van der Waals surface area (Å²) in [6, 6.07) is 2.52. The number of nitrogens with one attached hydrogen (secondary N) is 1. The zero-order valence-corrected chi connectivity index (χ0v) is 11.8. The van der Waals surface area contributed by atoms with E-state index >= 15 is 0 Å². The van der Waals surface area contributed by atoms with Crippen LogP contribution in [0.4, 0.5) is 14.6 Å². The minimum atomic E-state index is -0.681. The Morgan fingerprint density at radius 2 is 1.95 bits per heavy atom. The minimum Gasteiger partial charge on any atom is -0.368 e. The van der Waals surface area contributed by atoms with Crippen LogP contribution in [0, 0.1) is 11.6 Å². The molecule has 0 spiro atoms. The topological polar surface area (TPSA) is 37.8 Å². The SMILES string of the molecule is CCCNc1nccnc1-c1c(F)ccc(Br)c1F. The summed E-state index contributed by atoms with van der Waals surface area (Å²) in [5, 5.41) is 3.01. The fraction of sp³-hybridized carbons (Fsp3) is 0.231. The first-order chi connectivity index (χ1) is 9.15. The van der Waals surface area contributed by atoms with Crippen LogP contribution in [0.1, 0.15) is 13.3 Å². The summed E-state index contributed by atoms with van der Waals surface area (Å²) in [4.78, 5) is 8.12. The highest BCUT2D eigenvalue weighted by molar-refractivity contribution is 9.10. The third-order valence-corrected chi connectivity index (χ3v) is 3.13. The third kappa shape index (κ3) is 2.89. The van der Waals surface area contributed by atoms with Gasteiger partial charge in [-0.1, -0.05) is 6.92 Å². The number of aromatic nitrogens is 2. The Labute approximate surface area is 118 Å². The van der Waals surface area contributed by atoms with Crippen molar-refractivity contribution in [1.82, 2.24) is 9.97 Å². The average molecular weight is 328 g/mol. The lowest BCUT2D eigenvalue weighted by atomic mass is 10.1. The second kappa shape index (κ2) is 6.06. The summed E-state index contributed by atoms with van der Waals surface area (Å²) in [5.74, 6) is -0.971. The standard InChI is InChI=1S/C13H12BrF2N3/c1-2-5-18-13-12(17-6-7-19-13)10-9(15)4-3-8(14)11(10)16/h3-4,6-7H,2,5H2,1H3,(H,18,19).